The highest BCUT2D eigenvalue weighted by atomic mass is 35.5. The SMILES string of the molecule is CC1(C)C2CCC13C[S+]([O-])[N@]1OC13C2(Cl)Cl. The first-order chi connectivity index (χ1) is 7.31. The summed E-state index contributed by atoms with van der Waals surface area (Å²) in [6.07, 6.45) is 2.03. The van der Waals surface area contributed by atoms with Crippen LogP contribution in [0.2, 0.25) is 0 Å². The molecule has 2 aliphatic carbocycles. The highest BCUT2D eigenvalue weighted by Crippen LogP contribution is 2.85. The quantitative estimate of drug-likeness (QED) is 0.388. The van der Waals surface area contributed by atoms with Crippen LogP contribution in [-0.2, 0) is 16.2 Å². The normalized spacial score (nSPS) is 63.2. The molecule has 2 heterocycles. The number of nitrogens with zero attached hydrogens (tertiary/aromatic N) is 1. The second kappa shape index (κ2) is 2.43. The maximum Gasteiger partial charge on any atom is 0.260 e. The van der Waals surface area contributed by atoms with Gasteiger partial charge in [0.2, 0.25) is 0 Å². The molecule has 3 nitrogen and oxygen atoms in total. The van der Waals surface area contributed by atoms with Crippen LogP contribution in [0.4, 0.5) is 0 Å². The van der Waals surface area contributed by atoms with Crippen molar-refractivity contribution in [2.45, 2.75) is 36.7 Å². The summed E-state index contributed by atoms with van der Waals surface area (Å²) in [7, 11) is 0. The summed E-state index contributed by atoms with van der Waals surface area (Å²) in [4.78, 5) is 5.62. The van der Waals surface area contributed by atoms with Gasteiger partial charge in [0.05, 0.1) is 16.8 Å². The highest BCUT2D eigenvalue weighted by Gasteiger charge is 2.99. The minimum absolute atomic E-state index is 0.00257. The molecule has 0 radical (unpaired) electrons. The van der Waals surface area contributed by atoms with Crippen LogP contribution < -0.4 is 0 Å². The Bertz CT molecular complexity index is 396. The molecule has 5 atom stereocenters. The van der Waals surface area contributed by atoms with E-state index in [1.807, 2.05) is 0 Å². The number of hydroxylamine groups is 1. The van der Waals surface area contributed by atoms with Gasteiger partial charge in [0, 0.05) is 10.4 Å². The Labute approximate surface area is 108 Å². The summed E-state index contributed by atoms with van der Waals surface area (Å²) in [6.45, 7) is 4.39. The van der Waals surface area contributed by atoms with E-state index in [0.29, 0.717) is 5.75 Å². The van der Waals surface area contributed by atoms with Crippen molar-refractivity contribution in [3.8, 4) is 0 Å². The number of hydrogen-bond donors (Lipinski definition) is 0. The van der Waals surface area contributed by atoms with Crippen molar-refractivity contribution in [3.63, 3.8) is 0 Å². The van der Waals surface area contributed by atoms with Gasteiger partial charge in [-0.3, -0.25) is 0 Å². The molecule has 0 aromatic rings. The van der Waals surface area contributed by atoms with E-state index in [9.17, 15) is 4.55 Å². The van der Waals surface area contributed by atoms with Gasteiger partial charge in [-0.2, -0.15) is 0 Å². The summed E-state index contributed by atoms with van der Waals surface area (Å²) in [5.41, 5.74) is -0.795. The average Bonchev–Trinajstić information content (AvgIpc) is 2.76. The van der Waals surface area contributed by atoms with Gasteiger partial charge in [-0.25, -0.2) is 4.84 Å². The maximum atomic E-state index is 12.0. The zero-order valence-electron chi connectivity index (χ0n) is 9.13. The van der Waals surface area contributed by atoms with E-state index in [-0.39, 0.29) is 16.7 Å². The van der Waals surface area contributed by atoms with Gasteiger partial charge >= 0.3 is 0 Å². The van der Waals surface area contributed by atoms with Crippen molar-refractivity contribution in [1.82, 2.24) is 4.47 Å². The van der Waals surface area contributed by atoms with Gasteiger partial charge in [0.1, 0.15) is 5.75 Å². The summed E-state index contributed by atoms with van der Waals surface area (Å²) < 4.78 is 12.6. The molecule has 0 aromatic heterocycles. The van der Waals surface area contributed by atoms with E-state index in [1.165, 1.54) is 0 Å². The molecule has 0 aromatic carbocycles. The zero-order chi connectivity index (χ0) is 11.6. The Morgan fingerprint density at radius 3 is 2.69 bits per heavy atom. The lowest BCUT2D eigenvalue weighted by molar-refractivity contribution is 0.0704. The predicted molar refractivity (Wildman–Crippen MR) is 62.0 cm³/mol. The molecule has 4 aliphatic rings. The first-order valence-corrected chi connectivity index (χ1v) is 7.60. The van der Waals surface area contributed by atoms with Crippen LogP contribution in [-0.4, -0.2) is 24.8 Å². The second-order valence-electron chi connectivity index (χ2n) is 5.98. The van der Waals surface area contributed by atoms with E-state index in [0.717, 1.165) is 12.8 Å². The van der Waals surface area contributed by atoms with E-state index < -0.39 is 21.4 Å². The molecule has 2 saturated carbocycles. The molecule has 2 bridgehead atoms. The maximum absolute atomic E-state index is 12.0. The van der Waals surface area contributed by atoms with Crippen molar-refractivity contribution in [1.29, 1.82) is 0 Å². The molecule has 4 rings (SSSR count). The highest BCUT2D eigenvalue weighted by molar-refractivity contribution is 7.89. The molecule has 90 valence electrons. The van der Waals surface area contributed by atoms with Gasteiger partial charge < -0.3 is 4.55 Å². The van der Waals surface area contributed by atoms with Gasteiger partial charge in [0.25, 0.3) is 5.72 Å². The van der Waals surface area contributed by atoms with E-state index >= 15 is 0 Å². The van der Waals surface area contributed by atoms with Crippen LogP contribution in [0.5, 0.6) is 0 Å². The summed E-state index contributed by atoms with van der Waals surface area (Å²) in [5.74, 6) is 0.878. The minimum atomic E-state index is -1.08. The Morgan fingerprint density at radius 2 is 2.12 bits per heavy atom. The molecule has 2 spiro atoms. The van der Waals surface area contributed by atoms with Crippen LogP contribution in [0.15, 0.2) is 0 Å². The van der Waals surface area contributed by atoms with E-state index in [4.69, 9.17) is 28.0 Å². The fourth-order valence-corrected chi connectivity index (χ4v) is 8.05. The van der Waals surface area contributed by atoms with Gasteiger partial charge in [0.15, 0.2) is 4.33 Å². The van der Waals surface area contributed by atoms with Crippen LogP contribution in [0.3, 0.4) is 0 Å². The van der Waals surface area contributed by atoms with Crippen LogP contribution >= 0.6 is 23.2 Å². The van der Waals surface area contributed by atoms with Crippen molar-refractivity contribution in [2.24, 2.45) is 16.7 Å². The Balaban J connectivity index is 1.98. The molecule has 16 heavy (non-hydrogen) atoms. The molecule has 2 saturated heterocycles. The lowest BCUT2D eigenvalue weighted by Gasteiger charge is -2.34. The van der Waals surface area contributed by atoms with E-state index in [2.05, 4.69) is 13.8 Å². The number of hydrogen-bond acceptors (Lipinski definition) is 3. The molecule has 0 amide bonds. The van der Waals surface area contributed by atoms with Gasteiger partial charge in [-0.1, -0.05) is 37.0 Å². The number of fused-ring (bicyclic) bond motifs is 1. The topological polar surface area (TPSA) is 38.6 Å². The summed E-state index contributed by atoms with van der Waals surface area (Å²) in [5, 5.41) is 0. The smallest absolute Gasteiger partial charge is 0.260 e. The molecule has 6 heteroatoms. The molecular formula is C10H13Cl2NO2S. The third kappa shape index (κ3) is 0.694. The van der Waals surface area contributed by atoms with Gasteiger partial charge in [-0.05, 0) is 18.3 Å². The predicted octanol–water partition coefficient (Wildman–Crippen LogP) is 2.22. The zero-order valence-corrected chi connectivity index (χ0v) is 11.5. The Kier molecular flexibility index (Phi) is 1.62. The lowest BCUT2D eigenvalue weighted by Crippen LogP contribution is -2.48. The molecule has 2 aliphatic heterocycles. The Morgan fingerprint density at radius 1 is 1.44 bits per heavy atom. The molecule has 4 fully saturated rings. The average molecular weight is 282 g/mol. The largest absolute Gasteiger partial charge is 0.596 e. The summed E-state index contributed by atoms with van der Waals surface area (Å²) >= 11 is 12.0. The van der Waals surface area contributed by atoms with Gasteiger partial charge in [-0.15, -0.1) is 0 Å². The number of rotatable bonds is 0. The summed E-state index contributed by atoms with van der Waals surface area (Å²) in [6, 6.07) is 0. The van der Waals surface area contributed by atoms with Crippen molar-refractivity contribution >= 4 is 34.6 Å². The molecule has 4 unspecified atom stereocenters. The van der Waals surface area contributed by atoms with Crippen molar-refractivity contribution in [3.05, 3.63) is 0 Å². The monoisotopic (exact) mass is 281 g/mol. The van der Waals surface area contributed by atoms with Crippen LogP contribution in [0, 0.1) is 16.7 Å². The number of alkyl halides is 2. The molecular weight excluding hydrogens is 269 g/mol. The second-order valence-corrected chi connectivity index (χ2v) is 8.63. The standard InChI is InChI=1S/C10H13Cl2NO2S/c1-7(2)6-3-4-8(7)5-16(14)13-10(8,15-13)9(6,11)12/h6H,3-5H2,1-2H3/t6?,8?,10?,13-,16?/m0/s1. The fourth-order valence-electron chi connectivity index (χ4n) is 4.56. The Hall–Kier alpha value is 0.810. The van der Waals surface area contributed by atoms with Crippen molar-refractivity contribution in [2.75, 3.05) is 5.75 Å². The fraction of sp³-hybridized carbons (Fsp3) is 1.00. The van der Waals surface area contributed by atoms with Crippen LogP contribution in [0.25, 0.3) is 0 Å². The van der Waals surface area contributed by atoms with Crippen LogP contribution in [0.1, 0.15) is 26.7 Å². The molecule has 0 N–H and O–H groups in total. The third-order valence-electron chi connectivity index (χ3n) is 5.50. The lowest BCUT2D eigenvalue weighted by atomic mass is 9.68. The number of halogens is 2. The van der Waals surface area contributed by atoms with Crippen molar-refractivity contribution < 1.29 is 9.39 Å². The third-order valence-corrected chi connectivity index (χ3v) is 7.98. The minimum Gasteiger partial charge on any atom is -0.596 e. The first-order valence-electron chi connectivity index (χ1n) is 5.57. The van der Waals surface area contributed by atoms with E-state index in [1.54, 1.807) is 4.47 Å². The first kappa shape index (κ1) is 10.7.